The predicted molar refractivity (Wildman–Crippen MR) is 134 cm³/mol. The van der Waals surface area contributed by atoms with Crippen molar-refractivity contribution in [1.82, 2.24) is 0 Å². The summed E-state index contributed by atoms with van der Waals surface area (Å²) < 4.78 is 15.0. The van der Waals surface area contributed by atoms with Crippen LogP contribution in [0.2, 0.25) is 0 Å². The quantitative estimate of drug-likeness (QED) is 0.224. The summed E-state index contributed by atoms with van der Waals surface area (Å²) in [6.45, 7) is 7.52. The Morgan fingerprint density at radius 3 is 1.65 bits per heavy atom. The van der Waals surface area contributed by atoms with E-state index in [4.69, 9.17) is 19.9 Å². The molecule has 0 unspecified atom stereocenters. The van der Waals surface area contributed by atoms with Gasteiger partial charge in [-0.05, 0) is 46.8 Å². The fraction of sp³-hybridized carbons (Fsp3) is 0.348. The molecule has 0 aliphatic heterocycles. The number of rotatable bonds is 7. The monoisotopic (exact) mass is 520 g/mol. The minimum Gasteiger partial charge on any atom is -0.495 e. The van der Waals surface area contributed by atoms with Crippen molar-refractivity contribution < 1.29 is 38.4 Å². The summed E-state index contributed by atoms with van der Waals surface area (Å²) in [6.07, 6.45) is -0.782. The molecule has 2 aromatic carbocycles. The molecular formula is C23H28N4O10. The number of nitrogens with one attached hydrogen (secondary N) is 1. The number of ketones is 2. The van der Waals surface area contributed by atoms with Crippen LogP contribution in [0.15, 0.2) is 24.3 Å². The first-order valence-corrected chi connectivity index (χ1v) is 10.5. The number of amides is 1. The lowest BCUT2D eigenvalue weighted by molar-refractivity contribution is -0.385. The van der Waals surface area contributed by atoms with Gasteiger partial charge in [0.15, 0.2) is 11.6 Å². The summed E-state index contributed by atoms with van der Waals surface area (Å²) in [7, 11) is 2.70. The second-order valence-corrected chi connectivity index (χ2v) is 8.43. The molecule has 0 saturated heterocycles. The number of hydrogen-bond acceptors (Lipinski definition) is 11. The molecule has 0 aliphatic carbocycles. The molecule has 200 valence electrons. The molecule has 0 aliphatic rings. The first-order chi connectivity index (χ1) is 17.0. The van der Waals surface area contributed by atoms with Gasteiger partial charge >= 0.3 is 6.09 Å². The minimum absolute atomic E-state index is 0.00829. The van der Waals surface area contributed by atoms with Crippen LogP contribution in [0.4, 0.5) is 27.5 Å². The van der Waals surface area contributed by atoms with Crippen LogP contribution < -0.4 is 20.5 Å². The van der Waals surface area contributed by atoms with E-state index >= 15 is 0 Å². The zero-order valence-electron chi connectivity index (χ0n) is 21.4. The summed E-state index contributed by atoms with van der Waals surface area (Å²) in [5.74, 6) is -0.499. The average molecular weight is 520 g/mol. The number of methoxy groups -OCH3 is 2. The molecule has 0 spiro atoms. The molecule has 14 heteroatoms. The third kappa shape index (κ3) is 8.45. The Kier molecular flexibility index (Phi) is 10.1. The molecule has 2 rings (SSSR count). The van der Waals surface area contributed by atoms with Crippen LogP contribution in [0, 0.1) is 20.2 Å². The van der Waals surface area contributed by atoms with Gasteiger partial charge in [0.05, 0.1) is 46.6 Å². The molecule has 1 amide bonds. The van der Waals surface area contributed by atoms with E-state index < -0.39 is 38.8 Å². The van der Waals surface area contributed by atoms with Gasteiger partial charge in [0, 0.05) is 12.1 Å². The normalized spacial score (nSPS) is 10.4. The minimum atomic E-state index is -0.782. The molecular weight excluding hydrogens is 492 g/mol. The highest BCUT2D eigenvalue weighted by atomic mass is 16.6. The summed E-state index contributed by atoms with van der Waals surface area (Å²) in [4.78, 5) is 54.8. The van der Waals surface area contributed by atoms with Gasteiger partial charge in [-0.1, -0.05) is 0 Å². The molecule has 37 heavy (non-hydrogen) atoms. The third-order valence-electron chi connectivity index (χ3n) is 4.45. The van der Waals surface area contributed by atoms with Crippen LogP contribution in [-0.4, -0.2) is 47.3 Å². The number of hydrogen-bond donors (Lipinski definition) is 2. The number of nitro benzene ring substituents is 2. The van der Waals surface area contributed by atoms with Crippen molar-refractivity contribution >= 4 is 40.4 Å². The Hall–Kier alpha value is -4.75. The topological polar surface area (TPSA) is 203 Å². The van der Waals surface area contributed by atoms with E-state index in [-0.39, 0.29) is 39.7 Å². The van der Waals surface area contributed by atoms with Gasteiger partial charge in [-0.15, -0.1) is 0 Å². The van der Waals surface area contributed by atoms with Crippen molar-refractivity contribution in [2.75, 3.05) is 25.3 Å². The Balaban J connectivity index is 0.000000397. The number of carbonyl (C=O) groups is 3. The highest BCUT2D eigenvalue weighted by molar-refractivity contribution is 6.00. The Morgan fingerprint density at radius 2 is 1.27 bits per heavy atom. The third-order valence-corrected chi connectivity index (χ3v) is 4.45. The van der Waals surface area contributed by atoms with Gasteiger partial charge in [0.2, 0.25) is 0 Å². The van der Waals surface area contributed by atoms with E-state index in [2.05, 4.69) is 5.32 Å². The smallest absolute Gasteiger partial charge is 0.412 e. The number of carbonyl (C=O) groups excluding carboxylic acids is 3. The molecule has 14 nitrogen and oxygen atoms in total. The van der Waals surface area contributed by atoms with Gasteiger partial charge in [-0.3, -0.25) is 35.1 Å². The van der Waals surface area contributed by atoms with Crippen LogP contribution in [-0.2, 0) is 4.74 Å². The maximum atomic E-state index is 11.8. The lowest BCUT2D eigenvalue weighted by Gasteiger charge is -2.20. The van der Waals surface area contributed by atoms with E-state index in [0.717, 1.165) is 12.1 Å². The number of anilines is 2. The van der Waals surface area contributed by atoms with E-state index in [9.17, 15) is 34.6 Å². The number of nitrogens with zero attached hydrogens (tertiary/aromatic N) is 2. The number of Topliss-reactive ketones (excluding diaryl/α,β-unsaturated/α-hetero) is 2. The Labute approximate surface area is 212 Å². The van der Waals surface area contributed by atoms with Crippen molar-refractivity contribution in [3.63, 3.8) is 0 Å². The van der Waals surface area contributed by atoms with Crippen molar-refractivity contribution in [1.29, 1.82) is 0 Å². The van der Waals surface area contributed by atoms with Gasteiger partial charge < -0.3 is 19.9 Å². The van der Waals surface area contributed by atoms with Crippen LogP contribution in [0.3, 0.4) is 0 Å². The van der Waals surface area contributed by atoms with Gasteiger partial charge in [0.1, 0.15) is 17.1 Å². The van der Waals surface area contributed by atoms with Crippen molar-refractivity contribution in [2.45, 2.75) is 40.2 Å². The first kappa shape index (κ1) is 30.3. The Morgan fingerprint density at radius 1 is 0.838 bits per heavy atom. The standard InChI is InChI=1S/C14H18N2O6.C9H10N2O4/c1-8(17)9-6-12(21-5)10(7-11(9)16(19)20)15-13(18)22-14(2,3)4;1-5(12)6-3-9(15-2)7(10)4-8(6)11(13)14/h6-7H,1-5H3,(H,15,18);3-4H,10H2,1-2H3. The first-order valence-electron chi connectivity index (χ1n) is 10.5. The zero-order chi connectivity index (χ0) is 28.7. The lowest BCUT2D eigenvalue weighted by atomic mass is 10.1. The molecule has 0 radical (unpaired) electrons. The van der Waals surface area contributed by atoms with Crippen molar-refractivity contribution in [3.8, 4) is 11.5 Å². The van der Waals surface area contributed by atoms with E-state index in [1.807, 2.05) is 0 Å². The number of nitrogens with two attached hydrogens (primary N) is 1. The molecule has 3 N–H and O–H groups in total. The highest BCUT2D eigenvalue weighted by Gasteiger charge is 2.24. The summed E-state index contributed by atoms with van der Waals surface area (Å²) in [5.41, 5.74) is 4.13. The van der Waals surface area contributed by atoms with Gasteiger partial charge in [0.25, 0.3) is 11.4 Å². The van der Waals surface area contributed by atoms with E-state index in [1.54, 1.807) is 20.8 Å². The van der Waals surface area contributed by atoms with Crippen molar-refractivity contribution in [2.24, 2.45) is 0 Å². The Bertz CT molecular complexity index is 1240. The van der Waals surface area contributed by atoms with E-state index in [0.29, 0.717) is 0 Å². The van der Waals surface area contributed by atoms with Crippen LogP contribution in [0.1, 0.15) is 55.3 Å². The maximum Gasteiger partial charge on any atom is 0.412 e. The summed E-state index contributed by atoms with van der Waals surface area (Å²) in [5, 5.41) is 24.1. The molecule has 0 aromatic heterocycles. The fourth-order valence-corrected chi connectivity index (χ4v) is 2.88. The largest absolute Gasteiger partial charge is 0.495 e. The fourth-order valence-electron chi connectivity index (χ4n) is 2.88. The lowest BCUT2D eigenvalue weighted by Crippen LogP contribution is -2.27. The van der Waals surface area contributed by atoms with Crippen LogP contribution in [0.5, 0.6) is 11.5 Å². The summed E-state index contributed by atoms with van der Waals surface area (Å²) >= 11 is 0. The SMILES string of the molecule is COc1cc(C(C)=O)c([N+](=O)[O-])cc1N.COc1cc(C(C)=O)c([N+](=O)[O-])cc1NC(=O)OC(C)(C)C. The number of nitro groups is 2. The second-order valence-electron chi connectivity index (χ2n) is 8.43. The van der Waals surface area contributed by atoms with Crippen LogP contribution in [0.25, 0.3) is 0 Å². The number of ether oxygens (including phenoxy) is 3. The molecule has 0 saturated carbocycles. The molecule has 0 atom stereocenters. The van der Waals surface area contributed by atoms with Gasteiger partial charge in [-0.25, -0.2) is 4.79 Å². The number of benzene rings is 2. The zero-order valence-corrected chi connectivity index (χ0v) is 21.4. The highest BCUT2D eigenvalue weighted by Crippen LogP contribution is 2.33. The average Bonchev–Trinajstić information content (AvgIpc) is 2.77. The molecule has 0 fully saturated rings. The van der Waals surface area contributed by atoms with Crippen LogP contribution >= 0.6 is 0 Å². The van der Waals surface area contributed by atoms with Crippen molar-refractivity contribution in [3.05, 3.63) is 55.6 Å². The van der Waals surface area contributed by atoms with Gasteiger partial charge in [-0.2, -0.15) is 0 Å². The second kappa shape index (κ2) is 12.3. The molecule has 0 heterocycles. The molecule has 2 aromatic rings. The number of nitrogen functional groups attached to an aromatic ring is 1. The maximum absolute atomic E-state index is 11.8. The van der Waals surface area contributed by atoms with E-state index in [1.165, 1.54) is 40.2 Å². The predicted octanol–water partition coefficient (Wildman–Crippen LogP) is 4.54. The molecule has 0 bridgehead atoms. The summed E-state index contributed by atoms with van der Waals surface area (Å²) in [6, 6.07) is 4.68.